The van der Waals surface area contributed by atoms with Gasteiger partial charge in [0.05, 0.1) is 12.2 Å². The van der Waals surface area contributed by atoms with Crippen LogP contribution in [0.1, 0.15) is 26.7 Å². The van der Waals surface area contributed by atoms with E-state index < -0.39 is 48.6 Å². The van der Waals surface area contributed by atoms with Crippen molar-refractivity contribution in [1.29, 1.82) is 0 Å². The lowest BCUT2D eigenvalue weighted by Crippen LogP contribution is -2.45. The van der Waals surface area contributed by atoms with E-state index in [0.717, 1.165) is 0 Å². The van der Waals surface area contributed by atoms with E-state index in [0.29, 0.717) is 6.42 Å². The molecular weight excluding hydrogens is 280 g/mol. The first kappa shape index (κ1) is 15.9. The lowest BCUT2D eigenvalue weighted by molar-refractivity contribution is -0.168. The van der Waals surface area contributed by atoms with Crippen molar-refractivity contribution < 1.29 is 34.0 Å². The molecule has 1 saturated heterocycles. The second-order valence-electron chi connectivity index (χ2n) is 5.36. The first-order chi connectivity index (χ1) is 9.88. The van der Waals surface area contributed by atoms with Crippen LogP contribution in [0.4, 0.5) is 0 Å². The summed E-state index contributed by atoms with van der Waals surface area (Å²) in [4.78, 5) is 22.1. The molecule has 7 heteroatoms. The van der Waals surface area contributed by atoms with E-state index in [1.807, 2.05) is 0 Å². The molecule has 0 spiro atoms. The molecule has 7 nitrogen and oxygen atoms in total. The van der Waals surface area contributed by atoms with Crippen molar-refractivity contribution in [2.45, 2.75) is 63.3 Å². The van der Waals surface area contributed by atoms with Gasteiger partial charge in [0.25, 0.3) is 0 Å². The number of ether oxygens (including phenoxy) is 3. The zero-order chi connectivity index (χ0) is 15.6. The second-order valence-corrected chi connectivity index (χ2v) is 5.36. The number of hydrogen-bond donors (Lipinski definition) is 2. The minimum Gasteiger partial charge on any atom is -0.460 e. The Hall–Kier alpha value is -1.44. The maximum atomic E-state index is 11.2. The van der Waals surface area contributed by atoms with Crippen molar-refractivity contribution in [3.63, 3.8) is 0 Å². The van der Waals surface area contributed by atoms with Crippen molar-refractivity contribution in [1.82, 2.24) is 0 Å². The summed E-state index contributed by atoms with van der Waals surface area (Å²) in [7, 11) is 0. The van der Waals surface area contributed by atoms with Gasteiger partial charge in [-0.3, -0.25) is 4.79 Å². The first-order valence-electron chi connectivity index (χ1n) is 6.94. The van der Waals surface area contributed by atoms with Gasteiger partial charge in [-0.05, 0) is 6.92 Å². The molecule has 0 bridgehead atoms. The summed E-state index contributed by atoms with van der Waals surface area (Å²) in [5, 5.41) is 20.3. The fourth-order valence-corrected chi connectivity index (χ4v) is 2.62. The van der Waals surface area contributed by atoms with E-state index in [-0.39, 0.29) is 6.42 Å². The third kappa shape index (κ3) is 3.81. The summed E-state index contributed by atoms with van der Waals surface area (Å²) in [6, 6.07) is 0. The molecule has 1 fully saturated rings. The van der Waals surface area contributed by atoms with Crippen LogP contribution in [0, 0.1) is 0 Å². The molecule has 6 atom stereocenters. The van der Waals surface area contributed by atoms with Gasteiger partial charge in [0.1, 0.15) is 24.4 Å². The number of esters is 2. The lowest BCUT2D eigenvalue weighted by atomic mass is 9.98. The lowest BCUT2D eigenvalue weighted by Gasteiger charge is -2.29. The van der Waals surface area contributed by atoms with Gasteiger partial charge in [0.2, 0.25) is 0 Å². The Morgan fingerprint density at radius 1 is 1.48 bits per heavy atom. The zero-order valence-electron chi connectivity index (χ0n) is 12.0. The molecule has 2 aliphatic heterocycles. The van der Waals surface area contributed by atoms with Crippen molar-refractivity contribution in [3.05, 3.63) is 12.2 Å². The summed E-state index contributed by atoms with van der Waals surface area (Å²) >= 11 is 0. The van der Waals surface area contributed by atoms with Gasteiger partial charge in [-0.15, -0.1) is 0 Å². The van der Waals surface area contributed by atoms with Gasteiger partial charge in [-0.2, -0.15) is 0 Å². The van der Waals surface area contributed by atoms with Gasteiger partial charge in [-0.25, -0.2) is 4.79 Å². The van der Waals surface area contributed by atoms with Gasteiger partial charge in [-0.1, -0.05) is 6.08 Å². The molecule has 0 amide bonds. The number of carbonyl (C=O) groups is 2. The fourth-order valence-electron chi connectivity index (χ4n) is 2.62. The van der Waals surface area contributed by atoms with Crippen LogP contribution in [0.3, 0.4) is 0 Å². The minimum absolute atomic E-state index is 0.243. The van der Waals surface area contributed by atoms with E-state index in [1.165, 1.54) is 13.0 Å². The third-order valence-electron chi connectivity index (χ3n) is 3.67. The van der Waals surface area contributed by atoms with Crippen LogP contribution in [0.2, 0.25) is 0 Å². The Balaban J connectivity index is 1.96. The molecule has 0 aromatic carbocycles. The average molecular weight is 300 g/mol. The fraction of sp³-hybridized carbons (Fsp3) is 0.714. The van der Waals surface area contributed by atoms with Crippen molar-refractivity contribution >= 4 is 11.9 Å². The quantitative estimate of drug-likeness (QED) is 0.686. The molecule has 21 heavy (non-hydrogen) atoms. The van der Waals surface area contributed by atoms with Gasteiger partial charge in [0, 0.05) is 25.8 Å². The molecular formula is C14H20O7. The molecule has 118 valence electrons. The zero-order valence-corrected chi connectivity index (χ0v) is 12.0. The number of aliphatic hydroxyl groups excluding tert-OH is 2. The SMILES string of the molecule is CC(=O)O[C@@H](C)[C@H]1C[C@H](O)[C@H](C(O)[C@H]2CC=CC(=O)O2)O1. The number of aliphatic hydroxyl groups is 2. The predicted molar refractivity (Wildman–Crippen MR) is 70.2 cm³/mol. The minimum atomic E-state index is -1.14. The highest BCUT2D eigenvalue weighted by Crippen LogP contribution is 2.29. The summed E-state index contributed by atoms with van der Waals surface area (Å²) in [5.41, 5.74) is 0. The molecule has 2 N–H and O–H groups in total. The van der Waals surface area contributed by atoms with Gasteiger partial charge < -0.3 is 24.4 Å². The Morgan fingerprint density at radius 2 is 2.19 bits per heavy atom. The van der Waals surface area contributed by atoms with Crippen LogP contribution in [-0.2, 0) is 23.8 Å². The van der Waals surface area contributed by atoms with E-state index in [2.05, 4.69) is 0 Å². The van der Waals surface area contributed by atoms with Crippen LogP contribution in [0.25, 0.3) is 0 Å². The largest absolute Gasteiger partial charge is 0.460 e. The summed E-state index contributed by atoms with van der Waals surface area (Å²) in [6.07, 6.45) is -1.18. The first-order valence-corrected chi connectivity index (χ1v) is 6.94. The summed E-state index contributed by atoms with van der Waals surface area (Å²) < 4.78 is 15.6. The maximum absolute atomic E-state index is 11.2. The monoisotopic (exact) mass is 300 g/mol. The average Bonchev–Trinajstić information content (AvgIpc) is 2.79. The maximum Gasteiger partial charge on any atom is 0.330 e. The standard InChI is InChI=1S/C14H20O7/c1-7(19-8(2)15)11-6-9(16)14(21-11)13(18)10-4-3-5-12(17)20-10/h3,5,7,9-11,13-14,16,18H,4,6H2,1-2H3/t7-,9-,10+,11+,13?,14+/m0/s1. The van der Waals surface area contributed by atoms with Crippen LogP contribution < -0.4 is 0 Å². The molecule has 2 aliphatic rings. The van der Waals surface area contributed by atoms with Crippen molar-refractivity contribution in [2.75, 3.05) is 0 Å². The van der Waals surface area contributed by atoms with E-state index >= 15 is 0 Å². The van der Waals surface area contributed by atoms with Crippen LogP contribution in [0.5, 0.6) is 0 Å². The van der Waals surface area contributed by atoms with Gasteiger partial charge >= 0.3 is 11.9 Å². The van der Waals surface area contributed by atoms with E-state index in [4.69, 9.17) is 14.2 Å². The Labute approximate surface area is 122 Å². The molecule has 0 aromatic rings. The van der Waals surface area contributed by atoms with Crippen LogP contribution in [0.15, 0.2) is 12.2 Å². The Kier molecular flexibility index (Phi) is 4.97. The highest BCUT2D eigenvalue weighted by atomic mass is 16.6. The number of cyclic esters (lactones) is 1. The highest BCUT2D eigenvalue weighted by Gasteiger charge is 2.44. The molecule has 0 radical (unpaired) electrons. The van der Waals surface area contributed by atoms with Gasteiger partial charge in [0.15, 0.2) is 0 Å². The third-order valence-corrected chi connectivity index (χ3v) is 3.67. The highest BCUT2D eigenvalue weighted by molar-refractivity contribution is 5.82. The van der Waals surface area contributed by atoms with Crippen molar-refractivity contribution in [3.8, 4) is 0 Å². The molecule has 0 aliphatic carbocycles. The van der Waals surface area contributed by atoms with Crippen molar-refractivity contribution in [2.24, 2.45) is 0 Å². The molecule has 0 aromatic heterocycles. The smallest absolute Gasteiger partial charge is 0.330 e. The van der Waals surface area contributed by atoms with Crippen LogP contribution >= 0.6 is 0 Å². The number of rotatable bonds is 4. The molecule has 1 unspecified atom stereocenters. The normalized spacial score (nSPS) is 35.1. The summed E-state index contributed by atoms with van der Waals surface area (Å²) in [5.74, 6) is -0.960. The number of carbonyl (C=O) groups excluding carboxylic acids is 2. The van der Waals surface area contributed by atoms with E-state index in [1.54, 1.807) is 13.0 Å². The number of hydrogen-bond acceptors (Lipinski definition) is 7. The molecule has 2 heterocycles. The predicted octanol–water partition coefficient (Wildman–Crippen LogP) is -0.311. The molecule has 2 rings (SSSR count). The second kappa shape index (κ2) is 6.55. The topological polar surface area (TPSA) is 102 Å². The summed E-state index contributed by atoms with van der Waals surface area (Å²) in [6.45, 7) is 2.96. The van der Waals surface area contributed by atoms with E-state index in [9.17, 15) is 19.8 Å². The van der Waals surface area contributed by atoms with Crippen LogP contribution in [-0.4, -0.2) is 58.8 Å². The Bertz CT molecular complexity index is 433. The molecule has 0 saturated carbocycles. The Morgan fingerprint density at radius 3 is 2.81 bits per heavy atom.